The van der Waals surface area contributed by atoms with Gasteiger partial charge in [-0.25, -0.2) is 0 Å². The molecule has 0 saturated heterocycles. The molecule has 96 valence electrons. The highest BCUT2D eigenvalue weighted by Gasteiger charge is 2.44. The van der Waals surface area contributed by atoms with Gasteiger partial charge < -0.3 is 5.11 Å². The third kappa shape index (κ3) is 3.57. The SMILES string of the molecule is CCCN=CC1=C(O)CC(C(F)(F)F)CC1=O. The van der Waals surface area contributed by atoms with Gasteiger partial charge in [-0.3, -0.25) is 9.79 Å². The van der Waals surface area contributed by atoms with Gasteiger partial charge in [0.25, 0.3) is 0 Å². The second-order valence-electron chi connectivity index (χ2n) is 3.97. The molecule has 0 aliphatic heterocycles. The number of allylic oxidation sites excluding steroid dienone is 2. The van der Waals surface area contributed by atoms with E-state index in [0.717, 1.165) is 6.42 Å². The van der Waals surface area contributed by atoms with E-state index in [4.69, 9.17) is 0 Å². The molecule has 1 atom stereocenters. The van der Waals surface area contributed by atoms with Gasteiger partial charge in [-0.2, -0.15) is 13.2 Å². The zero-order valence-corrected chi connectivity index (χ0v) is 9.42. The third-order valence-corrected chi connectivity index (χ3v) is 2.52. The second-order valence-corrected chi connectivity index (χ2v) is 3.97. The highest BCUT2D eigenvalue weighted by Crippen LogP contribution is 2.37. The fourth-order valence-corrected chi connectivity index (χ4v) is 1.57. The van der Waals surface area contributed by atoms with E-state index < -0.39 is 36.5 Å². The minimum Gasteiger partial charge on any atom is -0.511 e. The van der Waals surface area contributed by atoms with Crippen molar-refractivity contribution in [3.8, 4) is 0 Å². The van der Waals surface area contributed by atoms with Gasteiger partial charge in [-0.1, -0.05) is 6.92 Å². The first kappa shape index (κ1) is 13.7. The zero-order chi connectivity index (χ0) is 13.1. The van der Waals surface area contributed by atoms with Gasteiger partial charge in [-0.15, -0.1) is 0 Å². The first-order chi connectivity index (χ1) is 7.86. The predicted octanol–water partition coefficient (Wildman–Crippen LogP) is 2.82. The van der Waals surface area contributed by atoms with Gasteiger partial charge in [0.2, 0.25) is 0 Å². The summed E-state index contributed by atoms with van der Waals surface area (Å²) in [7, 11) is 0. The lowest BCUT2D eigenvalue weighted by molar-refractivity contribution is -0.180. The number of hydrogen-bond donors (Lipinski definition) is 1. The summed E-state index contributed by atoms with van der Waals surface area (Å²) in [5.41, 5.74) is -0.0843. The van der Waals surface area contributed by atoms with Crippen LogP contribution in [0.25, 0.3) is 0 Å². The first-order valence-corrected chi connectivity index (χ1v) is 5.38. The maximum absolute atomic E-state index is 12.4. The van der Waals surface area contributed by atoms with E-state index in [2.05, 4.69) is 4.99 Å². The minimum atomic E-state index is -4.45. The Labute approximate surface area is 97.0 Å². The van der Waals surface area contributed by atoms with Crippen LogP contribution >= 0.6 is 0 Å². The van der Waals surface area contributed by atoms with Crippen LogP contribution < -0.4 is 0 Å². The Kier molecular flexibility index (Phi) is 4.31. The number of rotatable bonds is 3. The summed E-state index contributed by atoms with van der Waals surface area (Å²) in [6.45, 7) is 2.36. The van der Waals surface area contributed by atoms with E-state index in [9.17, 15) is 23.1 Å². The lowest BCUT2D eigenvalue weighted by atomic mass is 9.87. The molecule has 1 N–H and O–H groups in total. The molecule has 0 heterocycles. The molecule has 1 aliphatic rings. The number of aliphatic hydroxyl groups excluding tert-OH is 1. The average Bonchev–Trinajstić information content (AvgIpc) is 2.20. The number of ketones is 1. The Morgan fingerprint density at radius 2 is 2.12 bits per heavy atom. The number of nitrogens with zero attached hydrogens (tertiary/aromatic N) is 1. The van der Waals surface area contributed by atoms with Crippen LogP contribution in [0.5, 0.6) is 0 Å². The Bertz CT molecular complexity index is 358. The molecule has 0 amide bonds. The summed E-state index contributed by atoms with van der Waals surface area (Å²) in [5.74, 6) is -2.99. The minimum absolute atomic E-state index is 0.0843. The van der Waals surface area contributed by atoms with Gasteiger partial charge in [0.15, 0.2) is 5.78 Å². The molecule has 0 spiro atoms. The molecule has 6 heteroatoms. The Morgan fingerprint density at radius 3 is 2.59 bits per heavy atom. The van der Waals surface area contributed by atoms with Gasteiger partial charge in [0.1, 0.15) is 5.76 Å². The van der Waals surface area contributed by atoms with Gasteiger partial charge >= 0.3 is 6.18 Å². The van der Waals surface area contributed by atoms with Crippen LogP contribution in [0.2, 0.25) is 0 Å². The molecular formula is C11H14F3NO2. The molecule has 1 unspecified atom stereocenters. The topological polar surface area (TPSA) is 49.7 Å². The van der Waals surface area contributed by atoms with E-state index in [0.29, 0.717) is 6.54 Å². The average molecular weight is 249 g/mol. The molecule has 0 saturated carbocycles. The molecule has 3 nitrogen and oxygen atoms in total. The third-order valence-electron chi connectivity index (χ3n) is 2.52. The van der Waals surface area contributed by atoms with Crippen LogP contribution in [-0.2, 0) is 4.79 Å². The Balaban J connectivity index is 2.83. The van der Waals surface area contributed by atoms with Crippen LogP contribution in [0.3, 0.4) is 0 Å². The summed E-state index contributed by atoms with van der Waals surface area (Å²) >= 11 is 0. The number of hydrogen-bond acceptors (Lipinski definition) is 3. The molecular weight excluding hydrogens is 235 g/mol. The van der Waals surface area contributed by atoms with Crippen molar-refractivity contribution in [3.63, 3.8) is 0 Å². The maximum atomic E-state index is 12.4. The van der Waals surface area contributed by atoms with Crippen molar-refractivity contribution >= 4 is 12.0 Å². The summed E-state index contributed by atoms with van der Waals surface area (Å²) in [4.78, 5) is 15.3. The molecule has 0 aromatic heterocycles. The fourth-order valence-electron chi connectivity index (χ4n) is 1.57. The normalized spacial score (nSPS) is 22.6. The second kappa shape index (κ2) is 5.33. The van der Waals surface area contributed by atoms with Gasteiger partial charge in [-0.05, 0) is 6.42 Å². The summed E-state index contributed by atoms with van der Waals surface area (Å²) in [5, 5.41) is 9.44. The molecule has 0 radical (unpaired) electrons. The molecule has 0 aromatic rings. The number of carbonyl (C=O) groups is 1. The van der Waals surface area contributed by atoms with Crippen molar-refractivity contribution in [1.82, 2.24) is 0 Å². The summed E-state index contributed by atoms with van der Waals surface area (Å²) in [6.07, 6.45) is -3.66. The van der Waals surface area contributed by atoms with E-state index in [1.165, 1.54) is 6.21 Å². The fraction of sp³-hybridized carbons (Fsp3) is 0.636. The Morgan fingerprint density at radius 1 is 1.47 bits per heavy atom. The standard InChI is InChI=1S/C11H14F3NO2/c1-2-3-15-6-8-9(16)4-7(5-10(8)17)11(12,13)14/h6-7,16H,2-5H2,1H3. The van der Waals surface area contributed by atoms with Crippen molar-refractivity contribution in [2.75, 3.05) is 6.54 Å². The van der Waals surface area contributed by atoms with E-state index in [-0.39, 0.29) is 5.57 Å². The number of Topliss-reactive ketones (excluding diaryl/α,β-unsaturated/α-hetero) is 1. The molecule has 0 fully saturated rings. The molecule has 0 bridgehead atoms. The van der Waals surface area contributed by atoms with Crippen LogP contribution in [0.1, 0.15) is 26.2 Å². The highest BCUT2D eigenvalue weighted by atomic mass is 19.4. The van der Waals surface area contributed by atoms with Crippen molar-refractivity contribution in [1.29, 1.82) is 0 Å². The largest absolute Gasteiger partial charge is 0.511 e. The monoisotopic (exact) mass is 249 g/mol. The molecule has 1 rings (SSSR count). The van der Waals surface area contributed by atoms with Crippen molar-refractivity contribution < 1.29 is 23.1 Å². The van der Waals surface area contributed by atoms with E-state index in [1.54, 1.807) is 0 Å². The first-order valence-electron chi connectivity index (χ1n) is 5.38. The Hall–Kier alpha value is -1.33. The van der Waals surface area contributed by atoms with Crippen molar-refractivity contribution in [2.45, 2.75) is 32.4 Å². The number of aliphatic imine (C=N–C) groups is 1. The van der Waals surface area contributed by atoms with E-state index in [1.807, 2.05) is 6.92 Å². The van der Waals surface area contributed by atoms with Crippen molar-refractivity contribution in [2.24, 2.45) is 10.9 Å². The lowest BCUT2D eigenvalue weighted by Gasteiger charge is -2.23. The lowest BCUT2D eigenvalue weighted by Crippen LogP contribution is -2.31. The molecule has 1 aliphatic carbocycles. The number of carbonyl (C=O) groups excluding carboxylic acids is 1. The highest BCUT2D eigenvalue weighted by molar-refractivity contribution is 6.14. The number of aliphatic hydroxyl groups is 1. The van der Waals surface area contributed by atoms with Gasteiger partial charge in [0.05, 0.1) is 11.5 Å². The van der Waals surface area contributed by atoms with Crippen LogP contribution in [0.4, 0.5) is 13.2 Å². The smallest absolute Gasteiger partial charge is 0.392 e. The number of halogens is 3. The summed E-state index contributed by atoms with van der Waals surface area (Å²) in [6, 6.07) is 0. The van der Waals surface area contributed by atoms with Crippen LogP contribution in [0.15, 0.2) is 16.3 Å². The summed E-state index contributed by atoms with van der Waals surface area (Å²) < 4.78 is 37.2. The van der Waals surface area contributed by atoms with Crippen LogP contribution in [0, 0.1) is 5.92 Å². The van der Waals surface area contributed by atoms with Crippen LogP contribution in [-0.4, -0.2) is 29.8 Å². The van der Waals surface area contributed by atoms with E-state index >= 15 is 0 Å². The predicted molar refractivity (Wildman–Crippen MR) is 57.1 cm³/mol. The zero-order valence-electron chi connectivity index (χ0n) is 9.42. The molecule has 0 aromatic carbocycles. The maximum Gasteiger partial charge on any atom is 0.392 e. The van der Waals surface area contributed by atoms with Gasteiger partial charge in [0, 0.05) is 25.6 Å². The van der Waals surface area contributed by atoms with Crippen molar-refractivity contribution in [3.05, 3.63) is 11.3 Å². The number of alkyl halides is 3. The quantitative estimate of drug-likeness (QED) is 0.782. The molecule has 17 heavy (non-hydrogen) atoms.